The minimum absolute atomic E-state index is 0.165. The molecule has 0 rings (SSSR count). The molecule has 0 atom stereocenters. The number of carbonyl (C=O) groups is 2. The van der Waals surface area contributed by atoms with Crippen LogP contribution < -0.4 is 0 Å². The highest BCUT2D eigenvalue weighted by atomic mass is 16.4. The molecular weight excluding hydrogens is 262 g/mol. The van der Waals surface area contributed by atoms with Gasteiger partial charge in [0, 0.05) is 39.3 Å². The van der Waals surface area contributed by atoms with E-state index in [1.807, 2.05) is 30.9 Å². The number of nitrogens with zero attached hydrogens (tertiary/aromatic N) is 3. The number of rotatable bonds is 12. The summed E-state index contributed by atoms with van der Waals surface area (Å²) in [4.78, 5) is 27.0. The summed E-state index contributed by atoms with van der Waals surface area (Å²) in [5.74, 6) is -1.55. The first kappa shape index (κ1) is 18.8. The van der Waals surface area contributed by atoms with Gasteiger partial charge >= 0.3 is 11.9 Å². The van der Waals surface area contributed by atoms with E-state index in [1.165, 1.54) is 0 Å². The minimum atomic E-state index is -0.773. The molecule has 2 N–H and O–H groups in total. The molecule has 0 aromatic heterocycles. The van der Waals surface area contributed by atoms with E-state index >= 15 is 0 Å². The van der Waals surface area contributed by atoms with E-state index in [2.05, 4.69) is 4.90 Å². The van der Waals surface area contributed by atoms with Crippen molar-refractivity contribution in [2.45, 2.75) is 12.8 Å². The molecule has 0 spiro atoms. The van der Waals surface area contributed by atoms with Crippen molar-refractivity contribution in [3.05, 3.63) is 0 Å². The van der Waals surface area contributed by atoms with Gasteiger partial charge in [0.2, 0.25) is 0 Å². The fraction of sp³-hybridized carbons (Fsp3) is 0.846. The highest BCUT2D eigenvalue weighted by Crippen LogP contribution is 1.92. The van der Waals surface area contributed by atoms with E-state index in [0.29, 0.717) is 13.1 Å². The fourth-order valence-corrected chi connectivity index (χ4v) is 1.59. The van der Waals surface area contributed by atoms with Gasteiger partial charge < -0.3 is 24.9 Å². The molecule has 0 aliphatic heterocycles. The van der Waals surface area contributed by atoms with Gasteiger partial charge in [0.1, 0.15) is 0 Å². The molecule has 0 saturated heterocycles. The Balaban J connectivity index is 3.64. The molecule has 0 radical (unpaired) electrons. The van der Waals surface area contributed by atoms with E-state index in [0.717, 1.165) is 26.2 Å². The molecule has 20 heavy (non-hydrogen) atoms. The smallest absolute Gasteiger partial charge is 0.304 e. The highest BCUT2D eigenvalue weighted by Gasteiger charge is 2.06. The zero-order valence-corrected chi connectivity index (χ0v) is 12.7. The monoisotopic (exact) mass is 289 g/mol. The average molecular weight is 289 g/mol. The van der Waals surface area contributed by atoms with Crippen molar-refractivity contribution in [3.63, 3.8) is 0 Å². The topological polar surface area (TPSA) is 84.3 Å². The van der Waals surface area contributed by atoms with Crippen molar-refractivity contribution in [1.82, 2.24) is 14.7 Å². The Hall–Kier alpha value is -1.18. The van der Waals surface area contributed by atoms with Crippen molar-refractivity contribution in [3.8, 4) is 0 Å². The number of carboxylic acids is 2. The molecule has 0 aromatic carbocycles. The molecule has 0 aromatic rings. The van der Waals surface area contributed by atoms with Crippen LogP contribution in [-0.4, -0.2) is 97.3 Å². The predicted octanol–water partition coefficient (Wildman–Crippen LogP) is -0.269. The van der Waals surface area contributed by atoms with Gasteiger partial charge in [-0.15, -0.1) is 0 Å². The Morgan fingerprint density at radius 2 is 0.900 bits per heavy atom. The lowest BCUT2D eigenvalue weighted by atomic mass is 10.3. The van der Waals surface area contributed by atoms with Crippen LogP contribution in [0.5, 0.6) is 0 Å². The molecule has 0 heterocycles. The van der Waals surface area contributed by atoms with E-state index < -0.39 is 11.9 Å². The number of carboxylic acid groups (broad SMARTS) is 2. The summed E-state index contributed by atoms with van der Waals surface area (Å²) in [6.07, 6.45) is 0.330. The Bertz CT molecular complexity index is 271. The summed E-state index contributed by atoms with van der Waals surface area (Å²) in [5.41, 5.74) is 0. The van der Waals surface area contributed by atoms with E-state index in [9.17, 15) is 9.59 Å². The zero-order valence-electron chi connectivity index (χ0n) is 12.7. The van der Waals surface area contributed by atoms with Crippen LogP contribution in [0, 0.1) is 0 Å². The third-order valence-electron chi connectivity index (χ3n) is 3.14. The molecule has 0 amide bonds. The van der Waals surface area contributed by atoms with Gasteiger partial charge in [-0.05, 0) is 21.1 Å². The maximum absolute atomic E-state index is 10.4. The molecular formula is C13H27N3O4. The maximum atomic E-state index is 10.4. The summed E-state index contributed by atoms with van der Waals surface area (Å²) < 4.78 is 0. The highest BCUT2D eigenvalue weighted by molar-refractivity contribution is 5.67. The van der Waals surface area contributed by atoms with E-state index in [1.54, 1.807) is 0 Å². The molecule has 0 aliphatic rings. The van der Waals surface area contributed by atoms with Crippen LogP contribution in [0.2, 0.25) is 0 Å². The number of hydrogen-bond donors (Lipinski definition) is 2. The third kappa shape index (κ3) is 11.9. The lowest BCUT2D eigenvalue weighted by Gasteiger charge is -2.24. The van der Waals surface area contributed by atoms with Crippen LogP contribution in [-0.2, 0) is 9.59 Å². The quantitative estimate of drug-likeness (QED) is 0.511. The van der Waals surface area contributed by atoms with Crippen molar-refractivity contribution in [2.24, 2.45) is 0 Å². The first-order valence-electron chi connectivity index (χ1n) is 6.80. The molecule has 0 aliphatic carbocycles. The Morgan fingerprint density at radius 3 is 1.15 bits per heavy atom. The molecule has 0 unspecified atom stereocenters. The lowest BCUT2D eigenvalue weighted by Crippen LogP contribution is -2.36. The normalized spacial score (nSPS) is 11.5. The number of aliphatic carboxylic acids is 2. The SMILES string of the molecule is CN(CCC(=O)O)CCN(C)CCN(C)CCC(=O)O. The predicted molar refractivity (Wildman–Crippen MR) is 77.0 cm³/mol. The molecule has 0 saturated carbocycles. The van der Waals surface area contributed by atoms with Crippen molar-refractivity contribution >= 4 is 11.9 Å². The van der Waals surface area contributed by atoms with Crippen LogP contribution in [0.1, 0.15) is 12.8 Å². The lowest BCUT2D eigenvalue weighted by molar-refractivity contribution is -0.138. The Kier molecular flexibility index (Phi) is 9.96. The second-order valence-corrected chi connectivity index (χ2v) is 5.20. The molecule has 7 nitrogen and oxygen atoms in total. The first-order chi connectivity index (χ1) is 9.31. The second-order valence-electron chi connectivity index (χ2n) is 5.20. The third-order valence-corrected chi connectivity index (χ3v) is 3.14. The fourth-order valence-electron chi connectivity index (χ4n) is 1.59. The molecule has 0 bridgehead atoms. The van der Waals surface area contributed by atoms with Gasteiger partial charge in [-0.25, -0.2) is 0 Å². The van der Waals surface area contributed by atoms with Crippen LogP contribution >= 0.6 is 0 Å². The summed E-state index contributed by atoms with van der Waals surface area (Å²) in [7, 11) is 5.83. The van der Waals surface area contributed by atoms with Crippen molar-refractivity contribution in [1.29, 1.82) is 0 Å². The number of likely N-dealkylation sites (N-methyl/N-ethyl adjacent to an activating group) is 3. The van der Waals surface area contributed by atoms with Crippen LogP contribution in [0.15, 0.2) is 0 Å². The standard InChI is InChI=1S/C13H27N3O4/c1-14(6-4-12(17)18)8-10-16(3)11-9-15(2)7-5-13(19)20/h4-11H2,1-3H3,(H,17,18)(H,19,20). The number of hydrogen-bond acceptors (Lipinski definition) is 5. The van der Waals surface area contributed by atoms with Crippen LogP contribution in [0.25, 0.3) is 0 Å². The van der Waals surface area contributed by atoms with Gasteiger partial charge in [0.05, 0.1) is 12.8 Å². The van der Waals surface area contributed by atoms with Gasteiger partial charge in [0.15, 0.2) is 0 Å². The minimum Gasteiger partial charge on any atom is -0.481 e. The molecule has 0 fully saturated rings. The van der Waals surface area contributed by atoms with Gasteiger partial charge in [-0.3, -0.25) is 9.59 Å². The molecule has 118 valence electrons. The van der Waals surface area contributed by atoms with Gasteiger partial charge in [0.25, 0.3) is 0 Å². The zero-order chi connectivity index (χ0) is 15.5. The van der Waals surface area contributed by atoms with Gasteiger partial charge in [-0.1, -0.05) is 0 Å². The summed E-state index contributed by atoms with van der Waals surface area (Å²) in [5, 5.41) is 17.2. The average Bonchev–Trinajstić information content (AvgIpc) is 2.37. The summed E-state index contributed by atoms with van der Waals surface area (Å²) in [6.45, 7) is 4.49. The van der Waals surface area contributed by atoms with Crippen LogP contribution in [0.4, 0.5) is 0 Å². The second kappa shape index (κ2) is 10.6. The van der Waals surface area contributed by atoms with E-state index in [-0.39, 0.29) is 12.8 Å². The van der Waals surface area contributed by atoms with Crippen LogP contribution in [0.3, 0.4) is 0 Å². The summed E-state index contributed by atoms with van der Waals surface area (Å²) >= 11 is 0. The largest absolute Gasteiger partial charge is 0.481 e. The molecule has 7 heteroatoms. The van der Waals surface area contributed by atoms with Gasteiger partial charge in [-0.2, -0.15) is 0 Å². The maximum Gasteiger partial charge on any atom is 0.304 e. The van der Waals surface area contributed by atoms with Crippen molar-refractivity contribution < 1.29 is 19.8 Å². The van der Waals surface area contributed by atoms with Crippen molar-refractivity contribution in [2.75, 3.05) is 60.4 Å². The first-order valence-corrected chi connectivity index (χ1v) is 6.80. The Morgan fingerprint density at radius 1 is 0.650 bits per heavy atom. The Labute approximate surface area is 120 Å². The summed E-state index contributed by atoms with van der Waals surface area (Å²) in [6, 6.07) is 0. The van der Waals surface area contributed by atoms with E-state index in [4.69, 9.17) is 10.2 Å².